The number of amides is 1. The molecule has 152 valence electrons. The highest BCUT2D eigenvalue weighted by Gasteiger charge is 2.12. The second-order valence-electron chi connectivity index (χ2n) is 6.70. The minimum atomic E-state index is -3.35. The van der Waals surface area contributed by atoms with Crippen LogP contribution in [0, 0.1) is 13.8 Å². The number of rotatable bonds is 6. The van der Waals surface area contributed by atoms with Crippen molar-refractivity contribution in [3.05, 3.63) is 76.1 Å². The number of aryl methyl sites for hydroxylation is 1. The number of nitrogens with zero attached hydrogens (tertiary/aromatic N) is 2. The van der Waals surface area contributed by atoms with E-state index in [4.69, 9.17) is 11.6 Å². The average Bonchev–Trinajstić information content (AvgIpc) is 2.92. The molecular weight excluding hydrogens is 412 g/mol. The molecule has 3 aromatic rings. The molecule has 0 unspecified atom stereocenters. The first kappa shape index (κ1) is 20.9. The molecule has 0 radical (unpaired) electrons. The summed E-state index contributed by atoms with van der Waals surface area (Å²) in [7, 11) is -3.35. The first-order valence-electron chi connectivity index (χ1n) is 8.81. The molecule has 0 aliphatic heterocycles. The number of anilines is 1. The molecule has 0 bridgehead atoms. The number of halogens is 1. The number of benzene rings is 2. The minimum Gasteiger partial charge on any atom is -0.348 e. The molecule has 2 aromatic carbocycles. The van der Waals surface area contributed by atoms with Gasteiger partial charge in [0, 0.05) is 17.8 Å². The van der Waals surface area contributed by atoms with Crippen molar-refractivity contribution < 1.29 is 13.2 Å². The predicted octanol–water partition coefficient (Wildman–Crippen LogP) is 3.44. The Labute approximate surface area is 174 Å². The summed E-state index contributed by atoms with van der Waals surface area (Å²) in [5, 5.41) is 7.85. The zero-order valence-corrected chi connectivity index (χ0v) is 17.8. The Morgan fingerprint density at radius 1 is 1.14 bits per heavy atom. The van der Waals surface area contributed by atoms with Crippen LogP contribution in [0.5, 0.6) is 0 Å². The molecule has 9 heteroatoms. The van der Waals surface area contributed by atoms with Crippen LogP contribution in [0.1, 0.15) is 27.3 Å². The fourth-order valence-electron chi connectivity index (χ4n) is 2.87. The average molecular weight is 433 g/mol. The highest BCUT2D eigenvalue weighted by atomic mass is 35.5. The molecule has 0 fully saturated rings. The quantitative estimate of drug-likeness (QED) is 0.623. The van der Waals surface area contributed by atoms with Gasteiger partial charge >= 0.3 is 0 Å². The van der Waals surface area contributed by atoms with Gasteiger partial charge in [0.15, 0.2) is 0 Å². The number of nitrogens with one attached hydrogen (secondary N) is 2. The summed E-state index contributed by atoms with van der Waals surface area (Å²) in [6.45, 7) is 4.00. The van der Waals surface area contributed by atoms with Crippen molar-refractivity contribution in [1.29, 1.82) is 0 Å². The fraction of sp³-hybridized carbons (Fsp3) is 0.200. The SMILES string of the molecule is Cc1nn(-c2ccc(C(=O)NCc3cccc(NS(C)(=O)=O)c3)cc2)c(C)c1Cl. The standard InChI is InChI=1S/C20H21ClN4O3S/c1-13-19(21)14(2)25(23-13)18-9-7-16(8-10-18)20(26)22-12-15-5-4-6-17(11-15)24-29(3,27)28/h4-11,24H,12H2,1-3H3,(H,22,26). The van der Waals surface area contributed by atoms with Crippen LogP contribution in [0.25, 0.3) is 5.69 Å². The van der Waals surface area contributed by atoms with Gasteiger partial charge in [-0.15, -0.1) is 0 Å². The number of hydrogen-bond acceptors (Lipinski definition) is 4. The zero-order chi connectivity index (χ0) is 21.2. The Kier molecular flexibility index (Phi) is 5.95. The first-order valence-corrected chi connectivity index (χ1v) is 11.1. The van der Waals surface area contributed by atoms with Crippen LogP contribution < -0.4 is 10.0 Å². The Bertz CT molecular complexity index is 1150. The molecule has 29 heavy (non-hydrogen) atoms. The van der Waals surface area contributed by atoms with E-state index < -0.39 is 10.0 Å². The summed E-state index contributed by atoms with van der Waals surface area (Å²) in [6.07, 6.45) is 1.09. The van der Waals surface area contributed by atoms with Crippen LogP contribution in [-0.4, -0.2) is 30.4 Å². The van der Waals surface area contributed by atoms with Crippen LogP contribution in [0.2, 0.25) is 5.02 Å². The second-order valence-corrected chi connectivity index (χ2v) is 8.83. The van der Waals surface area contributed by atoms with Gasteiger partial charge in [-0.25, -0.2) is 13.1 Å². The maximum atomic E-state index is 12.4. The van der Waals surface area contributed by atoms with Crippen molar-refractivity contribution in [2.24, 2.45) is 0 Å². The molecule has 0 atom stereocenters. The van der Waals surface area contributed by atoms with Gasteiger partial charge in [0.1, 0.15) is 0 Å². The Morgan fingerprint density at radius 2 is 1.83 bits per heavy atom. The van der Waals surface area contributed by atoms with Gasteiger partial charge in [0.05, 0.1) is 28.4 Å². The summed E-state index contributed by atoms with van der Waals surface area (Å²) < 4.78 is 26.8. The molecule has 0 aliphatic rings. The predicted molar refractivity (Wildman–Crippen MR) is 114 cm³/mol. The van der Waals surface area contributed by atoms with Gasteiger partial charge in [-0.1, -0.05) is 23.7 Å². The topological polar surface area (TPSA) is 93.1 Å². The Morgan fingerprint density at radius 3 is 2.41 bits per heavy atom. The fourth-order valence-corrected chi connectivity index (χ4v) is 3.55. The van der Waals surface area contributed by atoms with Crippen LogP contribution in [0.4, 0.5) is 5.69 Å². The summed E-state index contributed by atoms with van der Waals surface area (Å²) in [5.74, 6) is -0.232. The van der Waals surface area contributed by atoms with E-state index in [1.165, 1.54) is 0 Å². The maximum absolute atomic E-state index is 12.4. The summed E-state index contributed by atoms with van der Waals surface area (Å²) in [5.41, 5.74) is 4.14. The second kappa shape index (κ2) is 8.26. The van der Waals surface area contributed by atoms with Gasteiger partial charge in [0.25, 0.3) is 5.91 Å². The highest BCUT2D eigenvalue weighted by Crippen LogP contribution is 2.22. The van der Waals surface area contributed by atoms with Crippen LogP contribution in [-0.2, 0) is 16.6 Å². The van der Waals surface area contributed by atoms with E-state index in [0.29, 0.717) is 16.3 Å². The van der Waals surface area contributed by atoms with E-state index in [1.807, 2.05) is 19.9 Å². The summed E-state index contributed by atoms with van der Waals surface area (Å²) >= 11 is 6.19. The number of carbonyl (C=O) groups excluding carboxylic acids is 1. The van der Waals surface area contributed by atoms with E-state index >= 15 is 0 Å². The molecule has 3 rings (SSSR count). The lowest BCUT2D eigenvalue weighted by Gasteiger charge is -2.09. The minimum absolute atomic E-state index is 0.232. The highest BCUT2D eigenvalue weighted by molar-refractivity contribution is 7.92. The number of aromatic nitrogens is 2. The van der Waals surface area contributed by atoms with Crippen LogP contribution in [0.3, 0.4) is 0 Å². The number of sulfonamides is 1. The number of hydrogen-bond donors (Lipinski definition) is 2. The van der Waals surface area contributed by atoms with E-state index in [9.17, 15) is 13.2 Å². The number of carbonyl (C=O) groups is 1. The largest absolute Gasteiger partial charge is 0.348 e. The molecule has 1 aromatic heterocycles. The molecule has 7 nitrogen and oxygen atoms in total. The third-order valence-electron chi connectivity index (χ3n) is 4.26. The van der Waals surface area contributed by atoms with E-state index in [1.54, 1.807) is 47.1 Å². The van der Waals surface area contributed by atoms with Crippen molar-refractivity contribution in [1.82, 2.24) is 15.1 Å². The zero-order valence-electron chi connectivity index (χ0n) is 16.2. The van der Waals surface area contributed by atoms with Gasteiger partial charge in [-0.05, 0) is 55.8 Å². The molecule has 2 N–H and O–H groups in total. The van der Waals surface area contributed by atoms with Crippen molar-refractivity contribution >= 4 is 33.2 Å². The van der Waals surface area contributed by atoms with Crippen molar-refractivity contribution in [2.75, 3.05) is 11.0 Å². The maximum Gasteiger partial charge on any atom is 0.251 e. The van der Waals surface area contributed by atoms with Crippen molar-refractivity contribution in [3.63, 3.8) is 0 Å². The van der Waals surface area contributed by atoms with Crippen LogP contribution in [0.15, 0.2) is 48.5 Å². The van der Waals surface area contributed by atoms with E-state index in [0.717, 1.165) is 28.9 Å². The van der Waals surface area contributed by atoms with E-state index in [-0.39, 0.29) is 12.5 Å². The lowest BCUT2D eigenvalue weighted by atomic mass is 10.1. The van der Waals surface area contributed by atoms with Gasteiger partial charge in [-0.3, -0.25) is 9.52 Å². The van der Waals surface area contributed by atoms with Gasteiger partial charge in [0.2, 0.25) is 10.0 Å². The summed E-state index contributed by atoms with van der Waals surface area (Å²) in [4.78, 5) is 12.4. The molecular formula is C20H21ClN4O3S. The van der Waals surface area contributed by atoms with Gasteiger partial charge in [-0.2, -0.15) is 5.10 Å². The first-order chi connectivity index (χ1) is 13.6. The van der Waals surface area contributed by atoms with Crippen molar-refractivity contribution in [3.8, 4) is 5.69 Å². The summed E-state index contributed by atoms with van der Waals surface area (Å²) in [6, 6.07) is 13.9. The third-order valence-corrected chi connectivity index (χ3v) is 5.41. The van der Waals surface area contributed by atoms with Crippen LogP contribution >= 0.6 is 11.6 Å². The molecule has 0 spiro atoms. The smallest absolute Gasteiger partial charge is 0.251 e. The van der Waals surface area contributed by atoms with E-state index in [2.05, 4.69) is 15.1 Å². The molecule has 0 saturated heterocycles. The monoisotopic (exact) mass is 432 g/mol. The normalized spacial score (nSPS) is 11.3. The lowest BCUT2D eigenvalue weighted by molar-refractivity contribution is 0.0951. The Hall–Kier alpha value is -2.84. The molecule has 0 saturated carbocycles. The lowest BCUT2D eigenvalue weighted by Crippen LogP contribution is -2.22. The molecule has 0 aliphatic carbocycles. The van der Waals surface area contributed by atoms with Gasteiger partial charge < -0.3 is 5.32 Å². The third kappa shape index (κ3) is 5.16. The Balaban J connectivity index is 1.67. The molecule has 1 heterocycles. The molecule has 1 amide bonds. The van der Waals surface area contributed by atoms with Crippen molar-refractivity contribution in [2.45, 2.75) is 20.4 Å².